The van der Waals surface area contributed by atoms with Gasteiger partial charge in [-0.15, -0.1) is 6.42 Å². The van der Waals surface area contributed by atoms with Crippen LogP contribution in [0.2, 0.25) is 0 Å². The van der Waals surface area contributed by atoms with Crippen LogP contribution in [0.25, 0.3) is 0 Å². The predicted octanol–water partition coefficient (Wildman–Crippen LogP) is 1.46. The van der Waals surface area contributed by atoms with Crippen molar-refractivity contribution in [2.75, 3.05) is 26.2 Å². The van der Waals surface area contributed by atoms with Crippen LogP contribution < -0.4 is 5.32 Å². The Hall–Kier alpha value is -2.37. The lowest BCUT2D eigenvalue weighted by molar-refractivity contribution is -0.129. The van der Waals surface area contributed by atoms with Crippen LogP contribution in [0.1, 0.15) is 44.0 Å². The summed E-state index contributed by atoms with van der Waals surface area (Å²) in [5.41, 5.74) is -0.514. The zero-order chi connectivity index (χ0) is 20.9. The first-order chi connectivity index (χ1) is 13.2. The van der Waals surface area contributed by atoms with Crippen LogP contribution in [-0.2, 0) is 14.8 Å². The number of hydrogen-bond donors (Lipinski definition) is 1. The van der Waals surface area contributed by atoms with Crippen molar-refractivity contribution in [3.63, 3.8) is 0 Å². The molecule has 1 aromatic carbocycles. The number of rotatable bonds is 6. The van der Waals surface area contributed by atoms with E-state index >= 15 is 0 Å². The molecule has 0 radical (unpaired) electrons. The fourth-order valence-corrected chi connectivity index (χ4v) is 4.62. The minimum atomic E-state index is -3.75. The van der Waals surface area contributed by atoms with Gasteiger partial charge in [-0.25, -0.2) is 8.42 Å². The maximum Gasteiger partial charge on any atom is 0.252 e. The van der Waals surface area contributed by atoms with Gasteiger partial charge in [-0.1, -0.05) is 25.8 Å². The second kappa shape index (κ2) is 8.76. The maximum atomic E-state index is 13.0. The fourth-order valence-electron chi connectivity index (χ4n) is 3.15. The molecule has 1 saturated heterocycles. The van der Waals surface area contributed by atoms with Crippen LogP contribution in [0.4, 0.5) is 0 Å². The summed E-state index contributed by atoms with van der Waals surface area (Å²) in [6, 6.07) is 5.95. The molecule has 0 aliphatic carbocycles. The van der Waals surface area contributed by atoms with Gasteiger partial charge in [-0.05, 0) is 31.0 Å². The third kappa shape index (κ3) is 4.54. The zero-order valence-corrected chi connectivity index (χ0v) is 17.4. The molecule has 0 spiro atoms. The van der Waals surface area contributed by atoms with Crippen molar-refractivity contribution in [1.29, 1.82) is 0 Å². The Morgan fingerprint density at radius 2 is 1.79 bits per heavy atom. The molecule has 0 bridgehead atoms. The summed E-state index contributed by atoms with van der Waals surface area (Å²) in [5.74, 6) is 2.16. The average molecular weight is 406 g/mol. The van der Waals surface area contributed by atoms with Crippen LogP contribution in [0, 0.1) is 12.3 Å². The molecular weight excluding hydrogens is 378 g/mol. The highest BCUT2D eigenvalue weighted by molar-refractivity contribution is 7.89. The van der Waals surface area contributed by atoms with Crippen molar-refractivity contribution in [2.45, 2.75) is 44.0 Å². The number of nitrogens with zero attached hydrogens (tertiary/aromatic N) is 2. The Morgan fingerprint density at radius 3 is 2.29 bits per heavy atom. The van der Waals surface area contributed by atoms with Gasteiger partial charge in [0.05, 0.1) is 4.90 Å². The molecule has 28 heavy (non-hydrogen) atoms. The lowest BCUT2D eigenvalue weighted by Crippen LogP contribution is -2.50. The molecule has 1 aliphatic heterocycles. The van der Waals surface area contributed by atoms with Gasteiger partial charge >= 0.3 is 0 Å². The van der Waals surface area contributed by atoms with Gasteiger partial charge in [0.1, 0.15) is 5.54 Å². The van der Waals surface area contributed by atoms with Gasteiger partial charge in [0, 0.05) is 38.7 Å². The number of terminal acetylenes is 1. The van der Waals surface area contributed by atoms with Crippen LogP contribution in [0.5, 0.6) is 0 Å². The van der Waals surface area contributed by atoms with E-state index in [1.54, 1.807) is 17.0 Å². The minimum absolute atomic E-state index is 0.0516. The number of nitrogens with one attached hydrogen (secondary N) is 1. The molecule has 1 N–H and O–H groups in total. The Balaban J connectivity index is 2.21. The summed E-state index contributed by atoms with van der Waals surface area (Å²) in [5, 5.41) is 2.84. The molecule has 0 atom stereocenters. The summed E-state index contributed by atoms with van der Waals surface area (Å²) < 4.78 is 27.2. The van der Waals surface area contributed by atoms with E-state index < -0.39 is 21.5 Å². The van der Waals surface area contributed by atoms with Crippen molar-refractivity contribution in [1.82, 2.24) is 14.5 Å². The van der Waals surface area contributed by atoms with E-state index in [4.69, 9.17) is 6.42 Å². The molecule has 0 unspecified atom stereocenters. The van der Waals surface area contributed by atoms with E-state index in [-0.39, 0.29) is 29.5 Å². The largest absolute Gasteiger partial charge is 0.340 e. The summed E-state index contributed by atoms with van der Waals surface area (Å²) in [6.07, 6.45) is 6.74. The Bertz CT molecular complexity index is 877. The molecule has 7 nitrogen and oxygen atoms in total. The van der Waals surface area contributed by atoms with Gasteiger partial charge in [-0.3, -0.25) is 9.59 Å². The van der Waals surface area contributed by atoms with E-state index in [1.165, 1.54) is 23.4 Å². The quantitative estimate of drug-likeness (QED) is 0.726. The molecule has 2 rings (SSSR count). The third-order valence-electron chi connectivity index (χ3n) is 5.25. The molecule has 0 saturated carbocycles. The van der Waals surface area contributed by atoms with Crippen LogP contribution in [0.3, 0.4) is 0 Å². The summed E-state index contributed by atoms with van der Waals surface area (Å²) in [4.78, 5) is 25.8. The smallest absolute Gasteiger partial charge is 0.252 e. The van der Waals surface area contributed by atoms with Crippen LogP contribution >= 0.6 is 0 Å². The molecule has 1 heterocycles. The highest BCUT2D eigenvalue weighted by Crippen LogP contribution is 2.20. The number of carbonyl (C=O) groups excluding carboxylic acids is 2. The molecule has 152 valence electrons. The maximum absolute atomic E-state index is 13.0. The van der Waals surface area contributed by atoms with Crippen molar-refractivity contribution >= 4 is 21.8 Å². The summed E-state index contributed by atoms with van der Waals surface area (Å²) in [6.45, 7) is 6.42. The van der Waals surface area contributed by atoms with Crippen molar-refractivity contribution < 1.29 is 18.0 Å². The number of sulfonamides is 1. The standard InChI is InChI=1S/C20H27N3O4S/c1-5-20(6-2,7-3)21-19(25)17-9-8-10-18(15-17)28(26,27)23-13-11-22(12-14-23)16(4)24/h1,8-10,15H,6-7,11-14H2,2-4H3,(H,21,25). The molecular formula is C20H27N3O4S. The first kappa shape index (κ1) is 21.9. The highest BCUT2D eigenvalue weighted by atomic mass is 32.2. The van der Waals surface area contributed by atoms with Crippen molar-refractivity contribution in [2.24, 2.45) is 0 Å². The summed E-state index contributed by atoms with van der Waals surface area (Å²) >= 11 is 0. The van der Waals surface area contributed by atoms with Gasteiger partial charge < -0.3 is 10.2 Å². The minimum Gasteiger partial charge on any atom is -0.340 e. The zero-order valence-electron chi connectivity index (χ0n) is 16.6. The van der Waals surface area contributed by atoms with Gasteiger partial charge in [-0.2, -0.15) is 4.31 Å². The lowest BCUT2D eigenvalue weighted by atomic mass is 9.93. The van der Waals surface area contributed by atoms with Crippen molar-refractivity contribution in [3.8, 4) is 12.3 Å². The van der Waals surface area contributed by atoms with Gasteiger partial charge in [0.25, 0.3) is 5.91 Å². The SMILES string of the molecule is C#CC(CC)(CC)NC(=O)c1cccc(S(=O)(=O)N2CCN(C(C)=O)CC2)c1. The predicted molar refractivity (Wildman–Crippen MR) is 107 cm³/mol. The van der Waals surface area contributed by atoms with Gasteiger partial charge in [0.2, 0.25) is 15.9 Å². The average Bonchev–Trinajstić information content (AvgIpc) is 2.72. The summed E-state index contributed by atoms with van der Waals surface area (Å²) in [7, 11) is -3.75. The van der Waals surface area contributed by atoms with E-state index in [9.17, 15) is 18.0 Å². The molecule has 8 heteroatoms. The third-order valence-corrected chi connectivity index (χ3v) is 7.15. The molecule has 1 aromatic rings. The van der Waals surface area contributed by atoms with Crippen LogP contribution in [-0.4, -0.2) is 61.2 Å². The number of piperazine rings is 1. The Morgan fingerprint density at radius 1 is 1.18 bits per heavy atom. The van der Waals surface area contributed by atoms with Crippen molar-refractivity contribution in [3.05, 3.63) is 29.8 Å². The Kier molecular flexibility index (Phi) is 6.86. The first-order valence-electron chi connectivity index (χ1n) is 9.35. The second-order valence-electron chi connectivity index (χ2n) is 6.83. The van der Waals surface area contributed by atoms with Crippen LogP contribution in [0.15, 0.2) is 29.2 Å². The second-order valence-corrected chi connectivity index (χ2v) is 8.76. The Labute approximate surface area is 167 Å². The molecule has 1 aliphatic rings. The fraction of sp³-hybridized carbons (Fsp3) is 0.500. The molecule has 0 aromatic heterocycles. The number of amides is 2. The lowest BCUT2D eigenvalue weighted by Gasteiger charge is -2.33. The molecule has 2 amide bonds. The number of carbonyl (C=O) groups is 2. The highest BCUT2D eigenvalue weighted by Gasteiger charge is 2.30. The number of benzene rings is 1. The topological polar surface area (TPSA) is 86.8 Å². The van der Waals surface area contributed by atoms with Gasteiger partial charge in [0.15, 0.2) is 0 Å². The van der Waals surface area contributed by atoms with E-state index in [0.29, 0.717) is 25.9 Å². The molecule has 1 fully saturated rings. The number of hydrogen-bond acceptors (Lipinski definition) is 4. The first-order valence-corrected chi connectivity index (χ1v) is 10.8. The van der Waals surface area contributed by atoms with E-state index in [0.717, 1.165) is 0 Å². The normalized spacial score (nSPS) is 15.7. The monoisotopic (exact) mass is 405 g/mol. The van der Waals surface area contributed by atoms with E-state index in [1.807, 2.05) is 13.8 Å². The van der Waals surface area contributed by atoms with E-state index in [2.05, 4.69) is 11.2 Å².